The van der Waals surface area contributed by atoms with Gasteiger partial charge in [-0.1, -0.05) is 0 Å². The van der Waals surface area contributed by atoms with Crippen molar-refractivity contribution in [3.05, 3.63) is 18.7 Å². The van der Waals surface area contributed by atoms with Gasteiger partial charge in [0.25, 0.3) is 0 Å². The van der Waals surface area contributed by atoms with Crippen molar-refractivity contribution in [2.45, 2.75) is 26.4 Å². The first kappa shape index (κ1) is 9.26. The molecule has 0 unspecified atom stereocenters. The highest BCUT2D eigenvalue weighted by atomic mass is 16.5. The van der Waals surface area contributed by atoms with Gasteiger partial charge in [0, 0.05) is 20.1 Å². The topological polar surface area (TPSA) is 18.0 Å². The molecule has 1 rings (SSSR count). The molecule has 68 valence electrons. The lowest BCUT2D eigenvalue weighted by Gasteiger charge is -1.95. The first-order valence-corrected chi connectivity index (χ1v) is 4.40. The lowest BCUT2D eigenvalue weighted by atomic mass is 10.4. The Hall–Kier alpha value is -0.830. The van der Waals surface area contributed by atoms with Crippen molar-refractivity contribution in [1.29, 1.82) is 0 Å². The Morgan fingerprint density at radius 2 is 2.33 bits per heavy atom. The number of rotatable bonds is 5. The van der Waals surface area contributed by atoms with Gasteiger partial charge in [-0.05, 0) is 6.92 Å². The van der Waals surface area contributed by atoms with Crippen LogP contribution in [0.4, 0.5) is 0 Å². The van der Waals surface area contributed by atoms with Crippen LogP contribution in [0.5, 0.6) is 0 Å². The van der Waals surface area contributed by atoms with Crippen LogP contribution in [0.2, 0.25) is 0 Å². The van der Waals surface area contributed by atoms with Crippen LogP contribution in [0.3, 0.4) is 0 Å². The molecule has 0 spiro atoms. The molecule has 0 aliphatic heterocycles. The Balaban J connectivity index is 2.31. The minimum absolute atomic E-state index is 0.838. The molecule has 0 saturated heterocycles. The molecule has 12 heavy (non-hydrogen) atoms. The summed E-state index contributed by atoms with van der Waals surface area (Å²) in [5, 5.41) is 0. The Kier molecular flexibility index (Phi) is 3.80. The summed E-state index contributed by atoms with van der Waals surface area (Å²) in [5.41, 5.74) is 0. The third kappa shape index (κ3) is 2.66. The van der Waals surface area contributed by atoms with Crippen LogP contribution >= 0.6 is 0 Å². The molecular formula is C9H17N2O+. The van der Waals surface area contributed by atoms with Crippen LogP contribution in [0.25, 0.3) is 0 Å². The molecule has 1 aromatic rings. The highest BCUT2D eigenvalue weighted by Gasteiger charge is 1.99. The van der Waals surface area contributed by atoms with Crippen molar-refractivity contribution in [2.24, 2.45) is 0 Å². The summed E-state index contributed by atoms with van der Waals surface area (Å²) in [4.78, 5) is 0. The fourth-order valence-electron chi connectivity index (χ4n) is 1.15. The number of imidazole rings is 1. The van der Waals surface area contributed by atoms with E-state index in [0.717, 1.165) is 26.1 Å². The highest BCUT2D eigenvalue weighted by Crippen LogP contribution is 1.85. The monoisotopic (exact) mass is 169 g/mol. The summed E-state index contributed by atoms with van der Waals surface area (Å²) in [6.07, 6.45) is 7.39. The number of hydrogen-bond donors (Lipinski definition) is 0. The third-order valence-electron chi connectivity index (χ3n) is 1.88. The fraction of sp³-hybridized carbons (Fsp3) is 0.667. The zero-order valence-corrected chi connectivity index (χ0v) is 7.86. The maximum atomic E-state index is 4.98. The van der Waals surface area contributed by atoms with Crippen LogP contribution < -0.4 is 4.57 Å². The Morgan fingerprint density at radius 1 is 1.50 bits per heavy atom. The zero-order chi connectivity index (χ0) is 8.81. The number of aryl methyl sites for hydroxylation is 2. The Morgan fingerprint density at radius 3 is 2.92 bits per heavy atom. The van der Waals surface area contributed by atoms with E-state index in [9.17, 15) is 0 Å². The number of aromatic nitrogens is 2. The third-order valence-corrected chi connectivity index (χ3v) is 1.88. The van der Waals surface area contributed by atoms with E-state index in [1.54, 1.807) is 7.11 Å². The summed E-state index contributed by atoms with van der Waals surface area (Å²) < 4.78 is 9.32. The van der Waals surface area contributed by atoms with Gasteiger partial charge in [0.15, 0.2) is 0 Å². The average Bonchev–Trinajstić information content (AvgIpc) is 2.53. The van der Waals surface area contributed by atoms with E-state index in [0.29, 0.717) is 0 Å². The number of hydrogen-bond acceptors (Lipinski definition) is 1. The van der Waals surface area contributed by atoms with E-state index in [1.165, 1.54) is 0 Å². The summed E-state index contributed by atoms with van der Waals surface area (Å²) in [5.74, 6) is 0. The molecule has 0 saturated carbocycles. The predicted octanol–water partition coefficient (Wildman–Crippen LogP) is 0.832. The minimum atomic E-state index is 0.838. The van der Waals surface area contributed by atoms with Crippen molar-refractivity contribution in [3.8, 4) is 0 Å². The summed E-state index contributed by atoms with van der Waals surface area (Å²) in [6.45, 7) is 5.06. The van der Waals surface area contributed by atoms with Crippen molar-refractivity contribution in [3.63, 3.8) is 0 Å². The molecule has 1 aromatic heterocycles. The molecule has 1 heterocycles. The standard InChI is InChI=1S/C9H17N2O/c1-3-10-6-7-11(9-10)5-4-8-12-2/h6-7,9H,3-5,8H2,1-2H3/q+1. The van der Waals surface area contributed by atoms with Gasteiger partial charge in [0.2, 0.25) is 6.33 Å². The van der Waals surface area contributed by atoms with Gasteiger partial charge < -0.3 is 4.74 Å². The number of nitrogens with zero attached hydrogens (tertiary/aromatic N) is 2. The second-order valence-electron chi connectivity index (χ2n) is 2.83. The molecule has 0 atom stereocenters. The van der Waals surface area contributed by atoms with Crippen LogP contribution in [0.1, 0.15) is 13.3 Å². The van der Waals surface area contributed by atoms with Crippen LogP contribution in [0.15, 0.2) is 18.7 Å². The maximum Gasteiger partial charge on any atom is 0.243 e. The Bertz CT molecular complexity index is 220. The largest absolute Gasteiger partial charge is 0.385 e. The van der Waals surface area contributed by atoms with Gasteiger partial charge in [-0.15, -0.1) is 0 Å². The smallest absolute Gasteiger partial charge is 0.243 e. The van der Waals surface area contributed by atoms with E-state index in [4.69, 9.17) is 4.74 Å². The molecule has 0 aliphatic carbocycles. The SMILES string of the molecule is CCn1cc[n+](CCCOC)c1. The maximum absolute atomic E-state index is 4.98. The number of ether oxygens (including phenoxy) is 1. The summed E-state index contributed by atoms with van der Waals surface area (Å²) in [6, 6.07) is 0. The lowest BCUT2D eigenvalue weighted by molar-refractivity contribution is -0.697. The molecule has 0 amide bonds. The van der Waals surface area contributed by atoms with Gasteiger partial charge in [-0.2, -0.15) is 0 Å². The van der Waals surface area contributed by atoms with E-state index < -0.39 is 0 Å². The molecule has 3 heteroatoms. The van der Waals surface area contributed by atoms with Crippen LogP contribution in [-0.4, -0.2) is 18.3 Å². The van der Waals surface area contributed by atoms with E-state index in [-0.39, 0.29) is 0 Å². The first-order valence-electron chi connectivity index (χ1n) is 4.40. The van der Waals surface area contributed by atoms with Gasteiger partial charge in [-0.25, -0.2) is 9.13 Å². The summed E-state index contributed by atoms with van der Waals surface area (Å²) in [7, 11) is 1.74. The highest BCUT2D eigenvalue weighted by molar-refractivity contribution is 4.64. The second-order valence-corrected chi connectivity index (χ2v) is 2.83. The molecule has 3 nitrogen and oxygen atoms in total. The van der Waals surface area contributed by atoms with Gasteiger partial charge in [0.05, 0.1) is 13.1 Å². The van der Waals surface area contributed by atoms with Crippen molar-refractivity contribution in [2.75, 3.05) is 13.7 Å². The van der Waals surface area contributed by atoms with Gasteiger partial charge >= 0.3 is 0 Å². The fourth-order valence-corrected chi connectivity index (χ4v) is 1.15. The summed E-state index contributed by atoms with van der Waals surface area (Å²) >= 11 is 0. The van der Waals surface area contributed by atoms with Crippen molar-refractivity contribution in [1.82, 2.24) is 4.57 Å². The quantitative estimate of drug-likeness (QED) is 0.471. The molecule has 0 radical (unpaired) electrons. The van der Waals surface area contributed by atoms with Gasteiger partial charge in [0.1, 0.15) is 12.4 Å². The lowest BCUT2D eigenvalue weighted by Crippen LogP contribution is -2.31. The second kappa shape index (κ2) is 4.93. The number of methoxy groups -OCH3 is 1. The predicted molar refractivity (Wildman–Crippen MR) is 46.8 cm³/mol. The molecule has 0 aromatic carbocycles. The molecular weight excluding hydrogens is 152 g/mol. The van der Waals surface area contributed by atoms with Gasteiger partial charge in [-0.3, -0.25) is 0 Å². The minimum Gasteiger partial charge on any atom is -0.385 e. The van der Waals surface area contributed by atoms with Crippen LogP contribution in [0, 0.1) is 0 Å². The van der Waals surface area contributed by atoms with Crippen molar-refractivity contribution < 1.29 is 9.30 Å². The Labute approximate surface area is 73.6 Å². The molecule has 0 aliphatic rings. The zero-order valence-electron chi connectivity index (χ0n) is 7.86. The average molecular weight is 169 g/mol. The molecule has 0 fully saturated rings. The molecule has 0 bridgehead atoms. The van der Waals surface area contributed by atoms with Crippen LogP contribution in [-0.2, 0) is 17.8 Å². The van der Waals surface area contributed by atoms with Crippen molar-refractivity contribution >= 4 is 0 Å². The van der Waals surface area contributed by atoms with E-state index >= 15 is 0 Å². The normalized spacial score (nSPS) is 10.5. The molecule has 0 N–H and O–H groups in total. The van der Waals surface area contributed by atoms with E-state index in [2.05, 4.69) is 34.8 Å². The van der Waals surface area contributed by atoms with E-state index in [1.807, 2.05) is 0 Å². The first-order chi connectivity index (χ1) is 5.86.